The zero-order chi connectivity index (χ0) is 45.9. The molecule has 0 aliphatic rings. The molecule has 0 amide bonds. The fourth-order valence-electron chi connectivity index (χ4n) is 7.58. The zero-order valence-electron chi connectivity index (χ0n) is 40.8. The number of benzene rings is 2. The number of hydrogen-bond donors (Lipinski definition) is 0. The molecule has 0 heterocycles. The molecule has 0 aliphatic carbocycles. The van der Waals surface area contributed by atoms with Crippen molar-refractivity contribution in [3.8, 4) is 0 Å². The minimum Gasteiger partial charge on any atom is -0.463 e. The Hall–Kier alpha value is -2.23. The van der Waals surface area contributed by atoms with Crippen LogP contribution in [0.2, 0.25) is 5.04 Å². The van der Waals surface area contributed by atoms with Crippen LogP contribution in [0.25, 0.3) is 0 Å². The first-order valence-corrected chi connectivity index (χ1v) is 26.8. The summed E-state index contributed by atoms with van der Waals surface area (Å²) in [5.41, 5.74) is 0. The number of carbonyl (C=O) groups excluding carboxylic acids is 1. The molecule has 0 aliphatic heterocycles. The van der Waals surface area contributed by atoms with Gasteiger partial charge in [-0.15, -0.1) is 0 Å². The summed E-state index contributed by atoms with van der Waals surface area (Å²) in [7, 11) is -2.55. The van der Waals surface area contributed by atoms with Crippen LogP contribution in [0.3, 0.4) is 0 Å². The Morgan fingerprint density at radius 2 is 0.672 bits per heavy atom. The van der Waals surface area contributed by atoms with Crippen molar-refractivity contribution >= 4 is 24.7 Å². The van der Waals surface area contributed by atoms with Crippen molar-refractivity contribution in [3.05, 3.63) is 60.7 Å². The molecule has 0 fully saturated rings. The van der Waals surface area contributed by atoms with E-state index in [0.717, 1.165) is 12.8 Å². The van der Waals surface area contributed by atoms with Crippen molar-refractivity contribution in [2.45, 2.75) is 135 Å². The third kappa shape index (κ3) is 29.4. The van der Waals surface area contributed by atoms with Gasteiger partial charge >= 0.3 is 5.97 Å². The van der Waals surface area contributed by atoms with Crippen molar-refractivity contribution in [2.75, 3.05) is 119 Å². The molecule has 2 aromatic rings. The lowest BCUT2D eigenvalue weighted by atomic mass is 10.0. The summed E-state index contributed by atoms with van der Waals surface area (Å²) >= 11 is 0. The van der Waals surface area contributed by atoms with Gasteiger partial charge in [-0.2, -0.15) is 0 Å². The smallest absolute Gasteiger partial charge is 0.305 e. The highest BCUT2D eigenvalue weighted by Gasteiger charge is 2.50. The minimum absolute atomic E-state index is 0.0593. The van der Waals surface area contributed by atoms with Gasteiger partial charge in [0, 0.05) is 6.42 Å². The summed E-state index contributed by atoms with van der Waals surface area (Å²) in [6, 6.07) is 21.3. The summed E-state index contributed by atoms with van der Waals surface area (Å²) < 4.78 is 57.0. The molecule has 2 aromatic carbocycles. The minimum atomic E-state index is -2.55. The van der Waals surface area contributed by atoms with E-state index in [2.05, 4.69) is 88.4 Å². The number of ether oxygens (including phenoxy) is 9. The van der Waals surface area contributed by atoms with Crippen LogP contribution in [0.15, 0.2) is 60.7 Å². The molecule has 12 heteroatoms. The third-order valence-electron chi connectivity index (χ3n) is 11.0. The Labute approximate surface area is 390 Å². The van der Waals surface area contributed by atoms with Gasteiger partial charge in [-0.05, 0) is 21.8 Å². The summed E-state index contributed by atoms with van der Waals surface area (Å²) in [4.78, 5) is 11.9. The van der Waals surface area contributed by atoms with Gasteiger partial charge in [0.15, 0.2) is 0 Å². The summed E-state index contributed by atoms with van der Waals surface area (Å²) in [5.74, 6) is -0.129. The van der Waals surface area contributed by atoms with Gasteiger partial charge in [-0.1, -0.05) is 178 Å². The van der Waals surface area contributed by atoms with E-state index in [-0.39, 0.29) is 17.6 Å². The van der Waals surface area contributed by atoms with Crippen molar-refractivity contribution in [1.29, 1.82) is 0 Å². The summed E-state index contributed by atoms with van der Waals surface area (Å²) in [6.07, 6.45) is 20.2. The highest BCUT2D eigenvalue weighted by molar-refractivity contribution is 6.99. The molecule has 0 spiro atoms. The first-order valence-electron chi connectivity index (χ1n) is 24.9. The van der Waals surface area contributed by atoms with Gasteiger partial charge in [0.1, 0.15) is 6.61 Å². The molecule has 0 N–H and O–H groups in total. The number of rotatable bonds is 46. The molecule has 0 aromatic heterocycles. The topological polar surface area (TPSA) is 109 Å². The summed E-state index contributed by atoms with van der Waals surface area (Å²) in [5, 5.41) is 2.47. The quantitative estimate of drug-likeness (QED) is 0.0360. The van der Waals surface area contributed by atoms with Gasteiger partial charge < -0.3 is 47.1 Å². The van der Waals surface area contributed by atoms with E-state index in [0.29, 0.717) is 119 Å². The number of hydrogen-bond acceptors (Lipinski definition) is 11. The first kappa shape index (κ1) is 57.9. The molecular formula is C52H90O11Si. The average molecular weight is 919 g/mol. The van der Waals surface area contributed by atoms with Crippen molar-refractivity contribution in [1.82, 2.24) is 0 Å². The van der Waals surface area contributed by atoms with Crippen molar-refractivity contribution in [2.24, 2.45) is 0 Å². The largest absolute Gasteiger partial charge is 0.463 e. The predicted molar refractivity (Wildman–Crippen MR) is 261 cm³/mol. The molecule has 11 nitrogen and oxygen atoms in total. The van der Waals surface area contributed by atoms with E-state index in [9.17, 15) is 4.79 Å². The van der Waals surface area contributed by atoms with Crippen LogP contribution >= 0.6 is 0 Å². The monoisotopic (exact) mass is 919 g/mol. The number of carbonyl (C=O) groups is 1. The lowest BCUT2D eigenvalue weighted by Crippen LogP contribution is -2.66. The van der Waals surface area contributed by atoms with E-state index in [1.165, 1.54) is 93.8 Å². The Kier molecular flexibility index (Phi) is 37.1. The maximum Gasteiger partial charge on any atom is 0.305 e. The Balaban J connectivity index is 1.25. The highest BCUT2D eigenvalue weighted by atomic mass is 28.4. The second kappa shape index (κ2) is 41.0. The first-order chi connectivity index (χ1) is 31.4. The predicted octanol–water partition coefficient (Wildman–Crippen LogP) is 9.50. The van der Waals surface area contributed by atoms with Gasteiger partial charge in [0.25, 0.3) is 8.32 Å². The van der Waals surface area contributed by atoms with Crippen molar-refractivity contribution in [3.63, 3.8) is 0 Å². The molecule has 0 atom stereocenters. The molecule has 2 rings (SSSR count). The van der Waals surface area contributed by atoms with Gasteiger partial charge in [0.2, 0.25) is 0 Å². The fourth-order valence-corrected chi connectivity index (χ4v) is 12.1. The lowest BCUT2D eigenvalue weighted by Gasteiger charge is -2.43. The van der Waals surface area contributed by atoms with Crippen LogP contribution in [0.4, 0.5) is 0 Å². The number of esters is 1. The molecule has 0 saturated heterocycles. The maximum absolute atomic E-state index is 11.9. The standard InChI is InChI=1S/C52H90O11Si/c1-5-6-7-8-9-10-11-12-13-14-15-16-17-18-25-30-51(53)62-47-45-60-43-41-58-39-37-56-35-33-54-31-32-55-34-36-57-38-40-59-42-44-61-46-48-63-64(52(2,3)4,49-26-21-19-22-27-49)50-28-23-20-24-29-50/h19-24,26-29H,5-18,25,30-48H2,1-4H3. The number of unbranched alkanes of at least 4 members (excludes halogenated alkanes) is 14. The lowest BCUT2D eigenvalue weighted by molar-refractivity contribution is -0.145. The fraction of sp³-hybridized carbons (Fsp3) is 0.750. The molecule has 0 bridgehead atoms. The normalized spacial score (nSPS) is 12.0. The van der Waals surface area contributed by atoms with E-state index >= 15 is 0 Å². The van der Waals surface area contributed by atoms with Crippen LogP contribution in [0, 0.1) is 0 Å². The van der Waals surface area contributed by atoms with E-state index in [4.69, 9.17) is 47.1 Å². The van der Waals surface area contributed by atoms with Crippen molar-refractivity contribution < 1.29 is 51.9 Å². The maximum atomic E-state index is 11.9. The van der Waals surface area contributed by atoms with E-state index in [1.807, 2.05) is 0 Å². The van der Waals surface area contributed by atoms with E-state index < -0.39 is 8.32 Å². The molecule has 0 saturated carbocycles. The van der Waals surface area contributed by atoms with Crippen LogP contribution in [-0.4, -0.2) is 133 Å². The molecule has 64 heavy (non-hydrogen) atoms. The second-order valence-corrected chi connectivity index (χ2v) is 21.6. The third-order valence-corrected chi connectivity index (χ3v) is 16.1. The Morgan fingerprint density at radius 1 is 0.391 bits per heavy atom. The molecular weight excluding hydrogens is 829 g/mol. The molecule has 0 unspecified atom stereocenters. The van der Waals surface area contributed by atoms with Crippen LogP contribution in [0.5, 0.6) is 0 Å². The summed E-state index contributed by atoms with van der Waals surface area (Å²) in [6.45, 7) is 17.7. The SMILES string of the molecule is CCCCCCCCCCCCCCCCCC(=O)OCCOCCOCCOCCOCCOCCOCCOCCOCCO[Si](c1ccccc1)(c1ccccc1)C(C)(C)C. The molecule has 0 radical (unpaired) electrons. The average Bonchev–Trinajstić information content (AvgIpc) is 3.30. The zero-order valence-corrected chi connectivity index (χ0v) is 41.8. The van der Waals surface area contributed by atoms with Gasteiger partial charge in [-0.3, -0.25) is 4.79 Å². The molecule has 368 valence electrons. The van der Waals surface area contributed by atoms with Crippen LogP contribution < -0.4 is 10.4 Å². The van der Waals surface area contributed by atoms with Crippen LogP contribution in [0.1, 0.15) is 130 Å². The Bertz CT molecular complexity index is 1260. The van der Waals surface area contributed by atoms with Gasteiger partial charge in [-0.25, -0.2) is 0 Å². The van der Waals surface area contributed by atoms with E-state index in [1.54, 1.807) is 0 Å². The highest BCUT2D eigenvalue weighted by Crippen LogP contribution is 2.36. The second-order valence-electron chi connectivity index (χ2n) is 17.3. The Morgan fingerprint density at radius 3 is 0.984 bits per heavy atom. The van der Waals surface area contributed by atoms with Gasteiger partial charge in [0.05, 0.1) is 112 Å². The van der Waals surface area contributed by atoms with Crippen LogP contribution in [-0.2, 0) is 51.9 Å².